The van der Waals surface area contributed by atoms with E-state index in [0.717, 1.165) is 24.5 Å². The molecule has 4 nitrogen and oxygen atoms in total. The molecule has 1 fully saturated rings. The van der Waals surface area contributed by atoms with Crippen LogP contribution < -0.4 is 0 Å². The van der Waals surface area contributed by atoms with Crippen molar-refractivity contribution in [2.24, 2.45) is 0 Å². The van der Waals surface area contributed by atoms with Crippen molar-refractivity contribution < 1.29 is 19.0 Å². The van der Waals surface area contributed by atoms with Crippen LogP contribution in [0.25, 0.3) is 0 Å². The first-order valence-corrected chi connectivity index (χ1v) is 8.07. The molecule has 1 aromatic carbocycles. The van der Waals surface area contributed by atoms with Gasteiger partial charge in [0.25, 0.3) is 0 Å². The fourth-order valence-electron chi connectivity index (χ4n) is 1.98. The number of thioether (sulfide) groups is 1. The smallest absolute Gasteiger partial charge is 0.309 e. The highest BCUT2D eigenvalue weighted by Crippen LogP contribution is 2.26. The SMILES string of the molecule is COC(=O)Cc1ccc(CSC2COC(C)(C)OC2)cc1. The van der Waals surface area contributed by atoms with E-state index in [0.29, 0.717) is 11.7 Å². The molecule has 1 aliphatic heterocycles. The van der Waals surface area contributed by atoms with Gasteiger partial charge in [-0.15, -0.1) is 11.8 Å². The molecule has 0 unspecified atom stereocenters. The highest BCUT2D eigenvalue weighted by atomic mass is 32.2. The summed E-state index contributed by atoms with van der Waals surface area (Å²) in [5.74, 6) is 0.249. The first-order valence-electron chi connectivity index (χ1n) is 7.02. The molecule has 21 heavy (non-hydrogen) atoms. The minimum Gasteiger partial charge on any atom is -0.469 e. The van der Waals surface area contributed by atoms with Gasteiger partial charge in [0, 0.05) is 5.75 Å². The van der Waals surface area contributed by atoms with Crippen molar-refractivity contribution in [3.8, 4) is 0 Å². The second kappa shape index (κ2) is 7.29. The normalized spacial score (nSPS) is 18.4. The molecule has 0 saturated carbocycles. The highest BCUT2D eigenvalue weighted by Gasteiger charge is 2.28. The zero-order valence-corrected chi connectivity index (χ0v) is 13.6. The standard InChI is InChI=1S/C16H22O4S/c1-16(2)19-9-14(10-20-16)21-11-13-6-4-12(5-7-13)8-15(17)18-3/h4-7,14H,8-11H2,1-3H3. The van der Waals surface area contributed by atoms with Crippen molar-refractivity contribution in [2.75, 3.05) is 20.3 Å². The van der Waals surface area contributed by atoms with Gasteiger partial charge in [-0.3, -0.25) is 4.79 Å². The van der Waals surface area contributed by atoms with Crippen LogP contribution in [0.5, 0.6) is 0 Å². The van der Waals surface area contributed by atoms with Gasteiger partial charge >= 0.3 is 5.97 Å². The number of esters is 1. The Hall–Kier alpha value is -1.04. The van der Waals surface area contributed by atoms with Gasteiger partial charge in [-0.1, -0.05) is 24.3 Å². The summed E-state index contributed by atoms with van der Waals surface area (Å²) in [6.45, 7) is 5.32. The molecule has 1 aromatic rings. The third kappa shape index (κ3) is 5.34. The Morgan fingerprint density at radius 3 is 2.38 bits per heavy atom. The van der Waals surface area contributed by atoms with Crippen molar-refractivity contribution in [3.05, 3.63) is 35.4 Å². The number of methoxy groups -OCH3 is 1. The molecular formula is C16H22O4S. The molecular weight excluding hydrogens is 288 g/mol. The lowest BCUT2D eigenvalue weighted by Crippen LogP contribution is -2.40. The summed E-state index contributed by atoms with van der Waals surface area (Å²) in [6, 6.07) is 8.06. The minimum absolute atomic E-state index is 0.212. The first-order chi connectivity index (χ1) is 9.98. The molecule has 0 radical (unpaired) electrons. The number of ether oxygens (including phenoxy) is 3. The number of rotatable bonds is 5. The average Bonchev–Trinajstić information content (AvgIpc) is 2.47. The summed E-state index contributed by atoms with van der Waals surface area (Å²) in [5, 5.41) is 0.368. The first kappa shape index (κ1) is 16.3. The molecule has 2 rings (SSSR count). The number of carbonyl (C=O) groups is 1. The van der Waals surface area contributed by atoms with Gasteiger partial charge < -0.3 is 14.2 Å². The zero-order valence-electron chi connectivity index (χ0n) is 12.8. The third-order valence-electron chi connectivity index (χ3n) is 3.32. The van der Waals surface area contributed by atoms with E-state index in [9.17, 15) is 4.79 Å². The molecule has 1 heterocycles. The van der Waals surface area contributed by atoms with Gasteiger partial charge in [-0.2, -0.15) is 0 Å². The van der Waals surface area contributed by atoms with Gasteiger partial charge in [-0.25, -0.2) is 0 Å². The topological polar surface area (TPSA) is 44.8 Å². The largest absolute Gasteiger partial charge is 0.469 e. The van der Waals surface area contributed by atoms with Crippen LogP contribution in [-0.2, 0) is 31.2 Å². The Bertz CT molecular complexity index is 460. The quantitative estimate of drug-likeness (QED) is 0.783. The summed E-state index contributed by atoms with van der Waals surface area (Å²) in [5.41, 5.74) is 2.21. The molecule has 0 N–H and O–H groups in total. The second-order valence-electron chi connectivity index (χ2n) is 5.52. The van der Waals surface area contributed by atoms with Gasteiger partial charge in [-0.05, 0) is 25.0 Å². The fourth-order valence-corrected chi connectivity index (χ4v) is 2.93. The van der Waals surface area contributed by atoms with E-state index in [1.165, 1.54) is 12.7 Å². The van der Waals surface area contributed by atoms with Gasteiger partial charge in [0.2, 0.25) is 0 Å². The number of hydrogen-bond acceptors (Lipinski definition) is 5. The van der Waals surface area contributed by atoms with Gasteiger partial charge in [0.05, 0.1) is 32.0 Å². The lowest BCUT2D eigenvalue weighted by atomic mass is 10.1. The van der Waals surface area contributed by atoms with E-state index in [2.05, 4.69) is 16.9 Å². The van der Waals surface area contributed by atoms with Crippen molar-refractivity contribution in [1.82, 2.24) is 0 Å². The monoisotopic (exact) mass is 310 g/mol. The Balaban J connectivity index is 1.77. The van der Waals surface area contributed by atoms with Crippen LogP contribution in [0.15, 0.2) is 24.3 Å². The van der Waals surface area contributed by atoms with E-state index in [1.807, 2.05) is 37.7 Å². The molecule has 5 heteroatoms. The van der Waals surface area contributed by atoms with Gasteiger partial charge in [0.1, 0.15) is 0 Å². The molecule has 1 saturated heterocycles. The van der Waals surface area contributed by atoms with Crippen LogP contribution in [0.2, 0.25) is 0 Å². The molecule has 0 spiro atoms. The predicted octanol–water partition coefficient (Wildman–Crippen LogP) is 2.79. The highest BCUT2D eigenvalue weighted by molar-refractivity contribution is 7.99. The Morgan fingerprint density at radius 1 is 1.24 bits per heavy atom. The molecule has 0 amide bonds. The van der Waals surface area contributed by atoms with Crippen molar-refractivity contribution in [2.45, 2.75) is 37.1 Å². The van der Waals surface area contributed by atoms with Gasteiger partial charge in [0.15, 0.2) is 5.79 Å². The Labute approximate surface area is 130 Å². The van der Waals surface area contributed by atoms with Crippen LogP contribution in [-0.4, -0.2) is 37.3 Å². The van der Waals surface area contributed by atoms with Crippen molar-refractivity contribution in [1.29, 1.82) is 0 Å². The Morgan fingerprint density at radius 2 is 1.81 bits per heavy atom. The van der Waals surface area contributed by atoms with Crippen LogP contribution >= 0.6 is 11.8 Å². The van der Waals surface area contributed by atoms with Crippen LogP contribution in [0.3, 0.4) is 0 Å². The van der Waals surface area contributed by atoms with E-state index >= 15 is 0 Å². The number of benzene rings is 1. The van der Waals surface area contributed by atoms with E-state index in [4.69, 9.17) is 9.47 Å². The molecule has 116 valence electrons. The fraction of sp³-hybridized carbons (Fsp3) is 0.562. The lowest BCUT2D eigenvalue weighted by molar-refractivity contribution is -0.241. The summed E-state index contributed by atoms with van der Waals surface area (Å²) in [4.78, 5) is 11.2. The zero-order chi connectivity index (χ0) is 15.3. The predicted molar refractivity (Wildman–Crippen MR) is 83.2 cm³/mol. The van der Waals surface area contributed by atoms with Crippen LogP contribution in [0.4, 0.5) is 0 Å². The summed E-state index contributed by atoms with van der Waals surface area (Å²) in [7, 11) is 1.41. The van der Waals surface area contributed by atoms with Crippen molar-refractivity contribution >= 4 is 17.7 Å². The van der Waals surface area contributed by atoms with E-state index < -0.39 is 5.79 Å². The maximum Gasteiger partial charge on any atom is 0.309 e. The second-order valence-corrected chi connectivity index (χ2v) is 6.81. The summed E-state index contributed by atoms with van der Waals surface area (Å²) in [6.07, 6.45) is 0.323. The maximum absolute atomic E-state index is 11.2. The number of hydrogen-bond donors (Lipinski definition) is 0. The lowest BCUT2D eigenvalue weighted by Gasteiger charge is -2.34. The van der Waals surface area contributed by atoms with Crippen molar-refractivity contribution in [3.63, 3.8) is 0 Å². The third-order valence-corrected chi connectivity index (χ3v) is 4.56. The van der Waals surface area contributed by atoms with Crippen LogP contribution in [0, 0.1) is 0 Å². The molecule has 0 aliphatic carbocycles. The summed E-state index contributed by atoms with van der Waals surface area (Å²) >= 11 is 1.83. The molecule has 0 aromatic heterocycles. The molecule has 0 bridgehead atoms. The Kier molecular flexibility index (Phi) is 5.67. The minimum atomic E-state index is -0.452. The summed E-state index contributed by atoms with van der Waals surface area (Å²) < 4.78 is 16.0. The van der Waals surface area contributed by atoms with E-state index in [-0.39, 0.29) is 5.97 Å². The number of carbonyl (C=O) groups excluding carboxylic acids is 1. The maximum atomic E-state index is 11.2. The average molecular weight is 310 g/mol. The van der Waals surface area contributed by atoms with Crippen LogP contribution in [0.1, 0.15) is 25.0 Å². The molecule has 0 atom stereocenters. The molecule has 1 aliphatic rings. The van der Waals surface area contributed by atoms with E-state index in [1.54, 1.807) is 0 Å².